The molecule has 3 saturated heterocycles. The number of ether oxygens (including phenoxy) is 3. The van der Waals surface area contributed by atoms with Crippen molar-refractivity contribution in [2.45, 2.75) is 37.5 Å². The number of benzene rings is 1. The van der Waals surface area contributed by atoms with Crippen LogP contribution >= 0.6 is 0 Å². The summed E-state index contributed by atoms with van der Waals surface area (Å²) in [6, 6.07) is 10.0. The van der Waals surface area contributed by atoms with Crippen molar-refractivity contribution in [1.29, 1.82) is 5.26 Å². The lowest BCUT2D eigenvalue weighted by atomic mass is 10.0. The maximum absolute atomic E-state index is 15.0. The molecule has 48 heavy (non-hydrogen) atoms. The van der Waals surface area contributed by atoms with Crippen LogP contribution in [0, 0.1) is 17.1 Å². The van der Waals surface area contributed by atoms with Gasteiger partial charge in [-0.1, -0.05) is 0 Å². The van der Waals surface area contributed by atoms with Crippen LogP contribution in [-0.4, -0.2) is 120 Å². The number of carbonyl (C=O) groups is 1. The van der Waals surface area contributed by atoms with Crippen molar-refractivity contribution in [2.24, 2.45) is 0 Å². The molecular weight excluding hydrogens is 633 g/mol. The van der Waals surface area contributed by atoms with Gasteiger partial charge in [0.1, 0.15) is 35.1 Å². The molecule has 2 atom stereocenters. The Balaban J connectivity index is 1.15. The summed E-state index contributed by atoms with van der Waals surface area (Å²) in [6.07, 6.45) is -2.27. The number of hydrogen-bond donors (Lipinski definition) is 2. The first kappa shape index (κ1) is 33.2. The second-order valence-corrected chi connectivity index (χ2v) is 11.9. The zero-order chi connectivity index (χ0) is 34.0. The Kier molecular flexibility index (Phi) is 9.54. The van der Waals surface area contributed by atoms with Crippen LogP contribution in [0.25, 0.3) is 11.3 Å². The van der Waals surface area contributed by atoms with Crippen molar-refractivity contribution in [3.05, 3.63) is 47.9 Å². The number of nitriles is 1. The van der Waals surface area contributed by atoms with E-state index in [4.69, 9.17) is 14.2 Å². The molecule has 0 aliphatic carbocycles. The average molecular weight is 669 g/mol. The topological polar surface area (TPSA) is 149 Å². The number of alkyl halides is 2. The van der Waals surface area contributed by atoms with E-state index in [0.29, 0.717) is 17.7 Å². The number of halogens is 3. The Bertz CT molecular complexity index is 1690. The Morgan fingerprint density at radius 3 is 2.58 bits per heavy atom. The van der Waals surface area contributed by atoms with Gasteiger partial charge in [-0.15, -0.1) is 0 Å². The minimum absolute atomic E-state index is 0.0296. The number of amides is 1. The van der Waals surface area contributed by atoms with Gasteiger partial charge in [0.15, 0.2) is 11.9 Å². The highest BCUT2D eigenvalue weighted by Crippen LogP contribution is 2.35. The molecule has 13 nitrogen and oxygen atoms in total. The Hall–Kier alpha value is -4.72. The number of piperazine rings is 1. The summed E-state index contributed by atoms with van der Waals surface area (Å²) in [5.74, 6) is -4.33. The fourth-order valence-corrected chi connectivity index (χ4v) is 5.94. The predicted molar refractivity (Wildman–Crippen MR) is 167 cm³/mol. The Morgan fingerprint density at radius 1 is 1.17 bits per heavy atom. The molecule has 6 rings (SSSR count). The zero-order valence-electron chi connectivity index (χ0n) is 26.4. The molecule has 3 aromatic rings. The quantitative estimate of drug-likeness (QED) is 0.345. The number of carbonyl (C=O) groups excluding carboxylic acids is 1. The van der Waals surface area contributed by atoms with Crippen LogP contribution in [0.4, 0.5) is 30.6 Å². The van der Waals surface area contributed by atoms with Crippen molar-refractivity contribution in [3.8, 4) is 29.0 Å². The zero-order valence-corrected chi connectivity index (χ0v) is 26.4. The summed E-state index contributed by atoms with van der Waals surface area (Å²) < 4.78 is 61.3. The van der Waals surface area contributed by atoms with Crippen LogP contribution in [0.5, 0.6) is 11.6 Å². The van der Waals surface area contributed by atoms with Crippen LogP contribution in [0.3, 0.4) is 0 Å². The van der Waals surface area contributed by atoms with E-state index in [0.717, 1.165) is 56.2 Å². The molecule has 0 spiro atoms. The second-order valence-electron chi connectivity index (χ2n) is 11.9. The number of rotatable bonds is 9. The van der Waals surface area contributed by atoms with Gasteiger partial charge in [0, 0.05) is 44.7 Å². The number of pyridine rings is 1. The number of methoxy groups -OCH3 is 1. The van der Waals surface area contributed by atoms with Crippen molar-refractivity contribution in [1.82, 2.24) is 24.8 Å². The SMILES string of the molecule is COc1nc(Nc2ncc(F)c(-c3ccc(O[C@H]4CCN(C(=O)C(C)O)CC4(F)F)c(C#N)c3)n2)ccc1N1CCN(C2COC2)CC1. The molecule has 1 aromatic carbocycles. The van der Waals surface area contributed by atoms with Gasteiger partial charge in [-0.05, 0) is 37.3 Å². The van der Waals surface area contributed by atoms with Crippen molar-refractivity contribution >= 4 is 23.4 Å². The molecule has 3 fully saturated rings. The first-order valence-corrected chi connectivity index (χ1v) is 15.5. The smallest absolute Gasteiger partial charge is 0.301 e. The van der Waals surface area contributed by atoms with Gasteiger partial charge in [-0.2, -0.15) is 10.2 Å². The van der Waals surface area contributed by atoms with Crippen LogP contribution < -0.4 is 19.7 Å². The molecule has 5 heterocycles. The second kappa shape index (κ2) is 13.8. The van der Waals surface area contributed by atoms with E-state index in [1.807, 2.05) is 12.1 Å². The monoisotopic (exact) mass is 668 g/mol. The molecular formula is C32H35F3N8O5. The number of hydrogen-bond acceptors (Lipinski definition) is 12. The summed E-state index contributed by atoms with van der Waals surface area (Å²) in [4.78, 5) is 30.4. The predicted octanol–water partition coefficient (Wildman–Crippen LogP) is 2.82. The lowest BCUT2D eigenvalue weighted by Gasteiger charge is -2.43. The number of nitrogens with one attached hydrogen (secondary N) is 1. The van der Waals surface area contributed by atoms with Crippen LogP contribution in [0.2, 0.25) is 0 Å². The lowest BCUT2D eigenvalue weighted by Crippen LogP contribution is -2.56. The molecule has 16 heteroatoms. The molecule has 2 aromatic heterocycles. The van der Waals surface area contributed by atoms with Crippen molar-refractivity contribution < 1.29 is 37.3 Å². The number of anilines is 3. The van der Waals surface area contributed by atoms with Gasteiger partial charge in [0.2, 0.25) is 11.8 Å². The number of aliphatic hydroxyl groups is 1. The number of aliphatic hydroxyl groups excluding tert-OH is 1. The Morgan fingerprint density at radius 2 is 1.94 bits per heavy atom. The molecule has 3 aliphatic heterocycles. The highest BCUT2D eigenvalue weighted by Gasteiger charge is 2.48. The van der Waals surface area contributed by atoms with E-state index >= 15 is 0 Å². The molecule has 254 valence electrons. The number of nitrogens with zero attached hydrogens (tertiary/aromatic N) is 7. The summed E-state index contributed by atoms with van der Waals surface area (Å²) >= 11 is 0. The lowest BCUT2D eigenvalue weighted by molar-refractivity contribution is -0.165. The van der Waals surface area contributed by atoms with Crippen molar-refractivity contribution in [2.75, 3.05) is 69.8 Å². The molecule has 0 radical (unpaired) electrons. The largest absolute Gasteiger partial charge is 0.483 e. The fourth-order valence-electron chi connectivity index (χ4n) is 5.94. The van der Waals surface area contributed by atoms with Gasteiger partial charge < -0.3 is 34.4 Å². The summed E-state index contributed by atoms with van der Waals surface area (Å²) in [7, 11) is 1.53. The molecule has 2 N–H and O–H groups in total. The first-order valence-electron chi connectivity index (χ1n) is 15.5. The third-order valence-electron chi connectivity index (χ3n) is 8.66. The number of piperidine rings is 1. The third-order valence-corrected chi connectivity index (χ3v) is 8.66. The molecule has 0 bridgehead atoms. The van der Waals surface area contributed by atoms with Gasteiger partial charge in [0.25, 0.3) is 5.91 Å². The minimum Gasteiger partial charge on any atom is -0.483 e. The number of aromatic nitrogens is 3. The van der Waals surface area contributed by atoms with Crippen molar-refractivity contribution in [3.63, 3.8) is 0 Å². The molecule has 1 unspecified atom stereocenters. The van der Waals surface area contributed by atoms with E-state index in [2.05, 4.69) is 30.1 Å². The third kappa shape index (κ3) is 6.93. The van der Waals surface area contributed by atoms with Crippen LogP contribution in [-0.2, 0) is 9.53 Å². The summed E-state index contributed by atoms with van der Waals surface area (Å²) in [6.45, 7) is 5.21. The van der Waals surface area contributed by atoms with Gasteiger partial charge in [-0.25, -0.2) is 23.1 Å². The van der Waals surface area contributed by atoms with Gasteiger partial charge in [-0.3, -0.25) is 9.69 Å². The van der Waals surface area contributed by atoms with E-state index in [1.54, 1.807) is 6.07 Å². The van der Waals surface area contributed by atoms with Crippen LogP contribution in [0.1, 0.15) is 18.9 Å². The van der Waals surface area contributed by atoms with E-state index < -0.39 is 36.4 Å². The summed E-state index contributed by atoms with van der Waals surface area (Å²) in [5.41, 5.74) is 0.793. The standard InChI is InChI=1S/C32H35F3N8O5/c1-19(44)30(45)43-8-7-26(32(34,35)18-43)48-25-5-3-20(13-21(25)14-36)28-23(33)15-37-31(40-28)39-27-6-4-24(29(38-27)46-2)42-11-9-41(10-12-42)22-16-47-17-22/h3-6,13,15,19,22,26,44H,7-12,16-18H2,1-2H3,(H,37,38,39,40)/t19?,26-/m0/s1. The number of likely N-dealkylation sites (tertiary alicyclic amines) is 1. The summed E-state index contributed by atoms with van der Waals surface area (Å²) in [5, 5.41) is 22.3. The highest BCUT2D eigenvalue weighted by atomic mass is 19.3. The molecule has 1 amide bonds. The first-order chi connectivity index (χ1) is 23.1. The highest BCUT2D eigenvalue weighted by molar-refractivity contribution is 5.80. The van der Waals surface area contributed by atoms with Crippen LogP contribution in [0.15, 0.2) is 36.5 Å². The minimum atomic E-state index is -3.44. The van der Waals surface area contributed by atoms with E-state index in [1.165, 1.54) is 32.2 Å². The maximum Gasteiger partial charge on any atom is 0.301 e. The fraction of sp³-hybridized carbons (Fsp3) is 0.469. The Labute approximate surface area is 274 Å². The van der Waals surface area contributed by atoms with Gasteiger partial charge in [0.05, 0.1) is 44.7 Å². The maximum atomic E-state index is 15.0. The average Bonchev–Trinajstić information content (AvgIpc) is 3.05. The van der Waals surface area contributed by atoms with Gasteiger partial charge >= 0.3 is 5.92 Å². The van der Waals surface area contributed by atoms with E-state index in [-0.39, 0.29) is 41.5 Å². The molecule has 3 aliphatic rings. The van der Waals surface area contributed by atoms with E-state index in [9.17, 15) is 28.3 Å². The normalized spacial score (nSPS) is 20.4. The molecule has 0 saturated carbocycles.